The molecule has 9 heteroatoms. The zero-order valence-electron chi connectivity index (χ0n) is 20.1. The number of rotatable bonds is 9. The quantitative estimate of drug-likeness (QED) is 0.480. The third-order valence-corrected chi connectivity index (χ3v) is 6.91. The average Bonchev–Trinajstić information content (AvgIpc) is 3.10. The number of carboxylic acid groups (broad SMARTS) is 1. The molecule has 188 valence electrons. The highest BCUT2D eigenvalue weighted by Gasteiger charge is 2.46. The van der Waals surface area contributed by atoms with E-state index in [4.69, 9.17) is 9.84 Å². The largest absolute Gasteiger partial charge is 0.480 e. The second kappa shape index (κ2) is 10.0. The molecule has 1 aliphatic carbocycles. The molecule has 2 aromatic carbocycles. The molecule has 0 saturated carbocycles. The molecule has 3 rings (SSSR count). The van der Waals surface area contributed by atoms with Crippen LogP contribution in [0.5, 0.6) is 0 Å². The highest BCUT2D eigenvalue weighted by atomic mass is 19.3. The number of benzene rings is 2. The van der Waals surface area contributed by atoms with Gasteiger partial charge < -0.3 is 20.5 Å². The number of halogens is 2. The summed E-state index contributed by atoms with van der Waals surface area (Å²) in [6, 6.07) is 14.1. The van der Waals surface area contributed by atoms with Crippen molar-refractivity contribution in [2.24, 2.45) is 5.41 Å². The zero-order chi connectivity index (χ0) is 26.0. The second-order valence-electron chi connectivity index (χ2n) is 9.69. The van der Waals surface area contributed by atoms with Gasteiger partial charge in [-0.15, -0.1) is 0 Å². The van der Waals surface area contributed by atoms with E-state index in [2.05, 4.69) is 10.6 Å². The molecule has 1 atom stereocenters. The van der Waals surface area contributed by atoms with Crippen LogP contribution < -0.4 is 10.6 Å². The van der Waals surface area contributed by atoms with Gasteiger partial charge in [0.1, 0.15) is 12.6 Å². The molecule has 0 bridgehead atoms. The molecule has 0 heterocycles. The molecular formula is C26H30F2N2O5. The van der Waals surface area contributed by atoms with E-state index in [-0.39, 0.29) is 12.5 Å². The Balaban J connectivity index is 1.67. The summed E-state index contributed by atoms with van der Waals surface area (Å²) < 4.78 is 31.0. The number of hydrogen-bond acceptors (Lipinski definition) is 4. The van der Waals surface area contributed by atoms with E-state index in [0.717, 1.165) is 22.3 Å². The van der Waals surface area contributed by atoms with Gasteiger partial charge in [0.2, 0.25) is 12.3 Å². The minimum atomic E-state index is -2.90. The second-order valence-corrected chi connectivity index (χ2v) is 9.69. The van der Waals surface area contributed by atoms with Crippen LogP contribution in [-0.2, 0) is 14.3 Å². The molecule has 0 radical (unpaired) electrons. The molecule has 35 heavy (non-hydrogen) atoms. The Morgan fingerprint density at radius 1 is 0.971 bits per heavy atom. The van der Waals surface area contributed by atoms with Crippen LogP contribution in [0.2, 0.25) is 0 Å². The number of amides is 2. The first-order valence-electron chi connectivity index (χ1n) is 11.3. The third kappa shape index (κ3) is 5.44. The van der Waals surface area contributed by atoms with Crippen molar-refractivity contribution in [3.63, 3.8) is 0 Å². The molecular weight excluding hydrogens is 458 g/mol. The molecule has 0 aromatic heterocycles. The number of alkyl halides is 2. The number of nitrogens with one attached hydrogen (secondary N) is 2. The van der Waals surface area contributed by atoms with E-state index in [1.807, 2.05) is 48.5 Å². The number of carboxylic acids is 1. The fourth-order valence-electron chi connectivity index (χ4n) is 4.07. The summed E-state index contributed by atoms with van der Waals surface area (Å²) in [7, 11) is 0. The van der Waals surface area contributed by atoms with Crippen molar-refractivity contribution < 1.29 is 33.0 Å². The summed E-state index contributed by atoms with van der Waals surface area (Å²) in [6.45, 7) is 6.23. The third-order valence-electron chi connectivity index (χ3n) is 6.91. The topological polar surface area (TPSA) is 105 Å². The van der Waals surface area contributed by atoms with E-state index >= 15 is 0 Å². The molecule has 0 spiro atoms. The smallest absolute Gasteiger partial charge is 0.407 e. The minimum Gasteiger partial charge on any atom is -0.480 e. The van der Waals surface area contributed by atoms with Gasteiger partial charge >= 0.3 is 12.1 Å². The molecule has 0 fully saturated rings. The number of carbonyl (C=O) groups is 3. The van der Waals surface area contributed by atoms with E-state index < -0.39 is 47.8 Å². The van der Waals surface area contributed by atoms with Crippen molar-refractivity contribution in [1.82, 2.24) is 10.6 Å². The molecule has 3 N–H and O–H groups in total. The Bertz CT molecular complexity index is 1070. The summed E-state index contributed by atoms with van der Waals surface area (Å²) >= 11 is 0. The van der Waals surface area contributed by atoms with E-state index in [1.165, 1.54) is 13.8 Å². The van der Waals surface area contributed by atoms with Gasteiger partial charge in [0.25, 0.3) is 0 Å². The normalized spacial score (nSPS) is 14.1. The van der Waals surface area contributed by atoms with Crippen LogP contribution in [0.4, 0.5) is 13.6 Å². The Labute approximate surface area is 202 Å². The molecule has 7 nitrogen and oxygen atoms in total. The van der Waals surface area contributed by atoms with Crippen molar-refractivity contribution in [3.8, 4) is 11.1 Å². The molecule has 0 saturated heterocycles. The van der Waals surface area contributed by atoms with Crippen LogP contribution in [0.3, 0.4) is 0 Å². The molecule has 0 aliphatic heterocycles. The Morgan fingerprint density at radius 3 is 1.97 bits per heavy atom. The lowest BCUT2D eigenvalue weighted by Crippen LogP contribution is -2.61. The van der Waals surface area contributed by atoms with Gasteiger partial charge in [-0.05, 0) is 49.9 Å². The first-order chi connectivity index (χ1) is 16.3. The van der Waals surface area contributed by atoms with Gasteiger partial charge in [0.15, 0.2) is 0 Å². The molecule has 2 amide bonds. The van der Waals surface area contributed by atoms with E-state index in [0.29, 0.717) is 0 Å². The number of aliphatic carboxylic acids is 1. The van der Waals surface area contributed by atoms with Crippen LogP contribution in [0.15, 0.2) is 48.5 Å². The number of fused-ring (bicyclic) bond motifs is 3. The summed E-state index contributed by atoms with van der Waals surface area (Å²) in [5.41, 5.74) is 1.74. The lowest BCUT2D eigenvalue weighted by Gasteiger charge is -2.41. The summed E-state index contributed by atoms with van der Waals surface area (Å²) in [4.78, 5) is 36.8. The number of carbonyl (C=O) groups excluding carboxylic acids is 2. The van der Waals surface area contributed by atoms with E-state index in [1.54, 1.807) is 13.8 Å². The predicted octanol–water partition coefficient (Wildman–Crippen LogP) is 4.55. The summed E-state index contributed by atoms with van der Waals surface area (Å²) in [5, 5.41) is 14.0. The Morgan fingerprint density at radius 2 is 1.49 bits per heavy atom. The highest BCUT2D eigenvalue weighted by Crippen LogP contribution is 2.44. The van der Waals surface area contributed by atoms with Crippen LogP contribution in [-0.4, -0.2) is 47.7 Å². The van der Waals surface area contributed by atoms with Gasteiger partial charge in [0.05, 0.1) is 11.0 Å². The average molecular weight is 489 g/mol. The van der Waals surface area contributed by atoms with Gasteiger partial charge in [0, 0.05) is 12.3 Å². The monoisotopic (exact) mass is 488 g/mol. The molecule has 2 aromatic rings. The molecule has 1 aliphatic rings. The first kappa shape index (κ1) is 26.1. The van der Waals surface area contributed by atoms with Gasteiger partial charge in [-0.25, -0.2) is 18.4 Å². The summed E-state index contributed by atoms with van der Waals surface area (Å²) in [6.07, 6.45) is -4.66. The maximum absolute atomic E-state index is 12.8. The predicted molar refractivity (Wildman–Crippen MR) is 126 cm³/mol. The summed E-state index contributed by atoms with van der Waals surface area (Å²) in [5.74, 6) is -2.48. The van der Waals surface area contributed by atoms with Crippen LogP contribution >= 0.6 is 0 Å². The van der Waals surface area contributed by atoms with Gasteiger partial charge in [-0.3, -0.25) is 4.79 Å². The van der Waals surface area contributed by atoms with Crippen LogP contribution in [0.25, 0.3) is 11.1 Å². The fourth-order valence-corrected chi connectivity index (χ4v) is 4.07. The van der Waals surface area contributed by atoms with Crippen molar-refractivity contribution in [2.75, 3.05) is 6.61 Å². The number of alkyl carbamates (subject to hydrolysis) is 1. The van der Waals surface area contributed by atoms with Crippen molar-refractivity contribution in [1.29, 1.82) is 0 Å². The van der Waals surface area contributed by atoms with Gasteiger partial charge in [-0.2, -0.15) is 0 Å². The van der Waals surface area contributed by atoms with Gasteiger partial charge in [-0.1, -0.05) is 48.5 Å². The van der Waals surface area contributed by atoms with Crippen LogP contribution in [0, 0.1) is 5.41 Å². The maximum Gasteiger partial charge on any atom is 0.407 e. The Kier molecular flexibility index (Phi) is 7.47. The van der Waals surface area contributed by atoms with Crippen LogP contribution in [0.1, 0.15) is 51.2 Å². The van der Waals surface area contributed by atoms with Crippen molar-refractivity contribution in [2.45, 2.75) is 58.0 Å². The fraction of sp³-hybridized carbons (Fsp3) is 0.423. The van der Waals surface area contributed by atoms with E-state index in [9.17, 15) is 23.2 Å². The lowest BCUT2D eigenvalue weighted by molar-refractivity contribution is -0.145. The first-order valence-corrected chi connectivity index (χ1v) is 11.3. The standard InChI is InChI=1S/C26H30F2N2O5/c1-25(2,23(33)29-20(22(31)32)13-21(27)28)26(3,4)30-24(34)35-14-19-17-11-7-5-9-15(17)16-10-6-8-12-18(16)19/h5-12,19-21H,13-14H2,1-4H3,(H,29,33)(H,30,34)(H,31,32). The lowest BCUT2D eigenvalue weighted by atomic mass is 9.73. The zero-order valence-corrected chi connectivity index (χ0v) is 20.1. The highest BCUT2D eigenvalue weighted by molar-refractivity contribution is 5.88. The van der Waals surface area contributed by atoms with Crippen molar-refractivity contribution in [3.05, 3.63) is 59.7 Å². The molecule has 1 unspecified atom stereocenters. The number of hydrogen-bond donors (Lipinski definition) is 3. The SMILES string of the molecule is CC(C)(NC(=O)OCC1c2ccccc2-c2ccccc21)C(C)(C)C(=O)NC(CC(F)F)C(=O)O. The maximum atomic E-state index is 12.8. The van der Waals surface area contributed by atoms with Crippen molar-refractivity contribution >= 4 is 18.0 Å². The minimum absolute atomic E-state index is 0.0814. The number of ether oxygens (including phenoxy) is 1. The Hall–Kier alpha value is -3.49.